The van der Waals surface area contributed by atoms with Gasteiger partial charge in [0.2, 0.25) is 0 Å². The molecular formula is C18H38O2P2. The van der Waals surface area contributed by atoms with E-state index in [1.165, 1.54) is 19.3 Å². The van der Waals surface area contributed by atoms with Gasteiger partial charge in [-0.25, -0.2) is 0 Å². The summed E-state index contributed by atoms with van der Waals surface area (Å²) in [5.74, 6) is 0. The van der Waals surface area contributed by atoms with Gasteiger partial charge in [0, 0.05) is 22.7 Å². The van der Waals surface area contributed by atoms with Gasteiger partial charge in [0.15, 0.2) is 0 Å². The lowest BCUT2D eigenvalue weighted by molar-refractivity contribution is 0.0802. The molecule has 4 heteroatoms. The van der Waals surface area contributed by atoms with Gasteiger partial charge in [0.25, 0.3) is 0 Å². The lowest BCUT2D eigenvalue weighted by Gasteiger charge is -2.37. The monoisotopic (exact) mass is 348 g/mol. The summed E-state index contributed by atoms with van der Waals surface area (Å²) >= 11 is 0. The average molecular weight is 348 g/mol. The Morgan fingerprint density at radius 1 is 0.636 bits per heavy atom. The molecule has 0 aliphatic heterocycles. The van der Waals surface area contributed by atoms with Crippen LogP contribution in [0.3, 0.4) is 0 Å². The Morgan fingerprint density at radius 3 is 1.23 bits per heavy atom. The fourth-order valence-corrected chi connectivity index (χ4v) is 7.75. The van der Waals surface area contributed by atoms with Crippen LogP contribution in [0.2, 0.25) is 0 Å². The van der Waals surface area contributed by atoms with Crippen molar-refractivity contribution in [1.29, 1.82) is 0 Å². The van der Waals surface area contributed by atoms with E-state index in [4.69, 9.17) is 9.05 Å². The molecule has 1 rings (SSSR count). The summed E-state index contributed by atoms with van der Waals surface area (Å²) in [5, 5.41) is 0. The molecule has 1 fully saturated rings. The molecule has 1 aliphatic rings. The first-order chi connectivity index (χ1) is 10.2. The third-order valence-corrected chi connectivity index (χ3v) is 9.31. The highest BCUT2D eigenvalue weighted by atomic mass is 31.1. The second-order valence-corrected chi connectivity index (χ2v) is 13.7. The average Bonchev–Trinajstić information content (AvgIpc) is 2.41. The summed E-state index contributed by atoms with van der Waals surface area (Å²) < 4.78 is 13.1. The van der Waals surface area contributed by atoms with Crippen LogP contribution in [0.15, 0.2) is 0 Å². The van der Waals surface area contributed by atoms with Gasteiger partial charge in [-0.1, -0.05) is 55.4 Å². The molecule has 1 saturated carbocycles. The van der Waals surface area contributed by atoms with E-state index < -0.39 is 0 Å². The van der Waals surface area contributed by atoms with E-state index in [9.17, 15) is 0 Å². The number of hydrogen-bond acceptors (Lipinski definition) is 2. The van der Waals surface area contributed by atoms with Crippen LogP contribution in [0.5, 0.6) is 0 Å². The van der Waals surface area contributed by atoms with E-state index in [0.717, 1.165) is 6.42 Å². The van der Waals surface area contributed by atoms with Crippen LogP contribution in [0.4, 0.5) is 0 Å². The zero-order valence-corrected chi connectivity index (χ0v) is 17.8. The van der Waals surface area contributed by atoms with Gasteiger partial charge in [-0.05, 0) is 41.9 Å². The summed E-state index contributed by atoms with van der Waals surface area (Å²) in [7, 11) is -0.632. The molecule has 22 heavy (non-hydrogen) atoms. The topological polar surface area (TPSA) is 18.5 Å². The van der Waals surface area contributed by atoms with Crippen LogP contribution < -0.4 is 0 Å². The molecule has 0 aromatic carbocycles. The fourth-order valence-electron chi connectivity index (χ4n) is 3.32. The Morgan fingerprint density at radius 2 is 0.955 bits per heavy atom. The first kappa shape index (κ1) is 20.8. The van der Waals surface area contributed by atoms with Crippen LogP contribution in [-0.2, 0) is 9.05 Å². The van der Waals surface area contributed by atoms with E-state index in [1.54, 1.807) is 0 Å². The summed E-state index contributed by atoms with van der Waals surface area (Å²) in [6, 6.07) is 0. The SMILES string of the molecule is CC(C)P(OC1CCCC(OP(C(C)C)C(C)C)C1)C(C)C. The van der Waals surface area contributed by atoms with Crippen molar-refractivity contribution in [3.63, 3.8) is 0 Å². The highest BCUT2D eigenvalue weighted by molar-refractivity contribution is 7.54. The van der Waals surface area contributed by atoms with Crippen molar-refractivity contribution >= 4 is 16.3 Å². The van der Waals surface area contributed by atoms with Gasteiger partial charge < -0.3 is 9.05 Å². The first-order valence-corrected chi connectivity index (χ1v) is 11.9. The molecule has 2 unspecified atom stereocenters. The second kappa shape index (κ2) is 9.93. The molecule has 0 N–H and O–H groups in total. The highest BCUT2D eigenvalue weighted by Gasteiger charge is 2.31. The summed E-state index contributed by atoms with van der Waals surface area (Å²) in [4.78, 5) is 0. The van der Waals surface area contributed by atoms with Crippen LogP contribution in [0.25, 0.3) is 0 Å². The van der Waals surface area contributed by atoms with Crippen molar-refractivity contribution in [1.82, 2.24) is 0 Å². The minimum absolute atomic E-state index is 0.316. The zero-order chi connectivity index (χ0) is 16.9. The van der Waals surface area contributed by atoms with E-state index >= 15 is 0 Å². The maximum absolute atomic E-state index is 6.54. The number of rotatable bonds is 8. The Bertz CT molecular complexity index is 261. The standard InChI is InChI=1S/C18H38O2P2/c1-13(2)21(14(3)4)19-17-10-9-11-18(12-17)20-22(15(5)6)16(7)8/h13-18H,9-12H2,1-8H3. The first-order valence-electron chi connectivity index (χ1n) is 9.12. The van der Waals surface area contributed by atoms with E-state index in [-0.39, 0.29) is 16.3 Å². The molecule has 2 nitrogen and oxygen atoms in total. The molecule has 0 aromatic rings. The van der Waals surface area contributed by atoms with Crippen LogP contribution in [0, 0.1) is 0 Å². The predicted octanol–water partition coefficient (Wildman–Crippen LogP) is 6.76. The van der Waals surface area contributed by atoms with Gasteiger partial charge >= 0.3 is 0 Å². The fraction of sp³-hybridized carbons (Fsp3) is 1.00. The molecular weight excluding hydrogens is 310 g/mol. The minimum Gasteiger partial charge on any atom is -0.355 e. The largest absolute Gasteiger partial charge is 0.355 e. The summed E-state index contributed by atoms with van der Waals surface area (Å²) in [5.41, 5.74) is 2.61. The normalized spacial score (nSPS) is 23.7. The van der Waals surface area contributed by atoms with Crippen molar-refractivity contribution < 1.29 is 9.05 Å². The Hall–Kier alpha value is 0.780. The van der Waals surface area contributed by atoms with Crippen molar-refractivity contribution in [2.24, 2.45) is 0 Å². The van der Waals surface area contributed by atoms with Gasteiger partial charge in [-0.3, -0.25) is 0 Å². The van der Waals surface area contributed by atoms with Crippen molar-refractivity contribution in [2.45, 2.75) is 116 Å². The third kappa shape index (κ3) is 6.72. The Kier molecular flexibility index (Phi) is 9.40. The van der Waals surface area contributed by atoms with E-state index in [2.05, 4.69) is 55.4 Å². The molecule has 0 bridgehead atoms. The summed E-state index contributed by atoms with van der Waals surface area (Å²) in [6.07, 6.45) is 5.65. The molecule has 0 spiro atoms. The Labute approximate surface area is 141 Å². The smallest absolute Gasteiger partial charge is 0.0643 e. The third-order valence-electron chi connectivity index (χ3n) is 4.16. The molecule has 132 valence electrons. The maximum Gasteiger partial charge on any atom is 0.0643 e. The quantitative estimate of drug-likeness (QED) is 0.451. The van der Waals surface area contributed by atoms with Crippen LogP contribution >= 0.6 is 16.3 Å². The second-order valence-electron chi connectivity index (χ2n) is 7.72. The van der Waals surface area contributed by atoms with Gasteiger partial charge in [-0.2, -0.15) is 0 Å². The molecule has 0 aromatic heterocycles. The molecule has 0 radical (unpaired) electrons. The van der Waals surface area contributed by atoms with Crippen molar-refractivity contribution in [3.05, 3.63) is 0 Å². The highest BCUT2D eigenvalue weighted by Crippen LogP contribution is 2.52. The lowest BCUT2D eigenvalue weighted by Crippen LogP contribution is -2.28. The van der Waals surface area contributed by atoms with Crippen LogP contribution in [0.1, 0.15) is 81.1 Å². The predicted molar refractivity (Wildman–Crippen MR) is 103 cm³/mol. The van der Waals surface area contributed by atoms with Crippen molar-refractivity contribution in [3.8, 4) is 0 Å². The Balaban J connectivity index is 2.57. The number of hydrogen-bond donors (Lipinski definition) is 0. The van der Waals surface area contributed by atoms with Crippen molar-refractivity contribution in [2.75, 3.05) is 0 Å². The zero-order valence-electron chi connectivity index (χ0n) is 16.0. The lowest BCUT2D eigenvalue weighted by atomic mass is 9.95. The molecule has 0 saturated heterocycles. The van der Waals surface area contributed by atoms with Gasteiger partial charge in [0.05, 0.1) is 12.2 Å². The molecule has 0 heterocycles. The summed E-state index contributed by atoms with van der Waals surface area (Å²) in [6.45, 7) is 18.4. The van der Waals surface area contributed by atoms with Gasteiger partial charge in [-0.15, -0.1) is 0 Å². The van der Waals surface area contributed by atoms with Gasteiger partial charge in [0.1, 0.15) is 0 Å². The maximum atomic E-state index is 6.54. The molecule has 1 aliphatic carbocycles. The van der Waals surface area contributed by atoms with E-state index in [0.29, 0.717) is 34.8 Å². The molecule has 0 amide bonds. The van der Waals surface area contributed by atoms with E-state index in [1.807, 2.05) is 0 Å². The minimum atomic E-state index is -0.316. The van der Waals surface area contributed by atoms with Crippen LogP contribution in [-0.4, -0.2) is 34.8 Å². The molecule has 2 atom stereocenters.